The number of fused-ring (bicyclic) bond motifs is 4. The van der Waals surface area contributed by atoms with Crippen LogP contribution in [0.25, 0.3) is 0 Å². The zero-order chi connectivity index (χ0) is 21.4. The molecule has 0 aromatic heterocycles. The molecular weight excluding hydrogens is 388 g/mol. The minimum absolute atomic E-state index is 0.00862. The minimum atomic E-state index is -0.450. The highest BCUT2D eigenvalue weighted by molar-refractivity contribution is 6.01. The molecule has 0 unspecified atom stereocenters. The van der Waals surface area contributed by atoms with Crippen LogP contribution in [-0.2, 0) is 17.8 Å². The van der Waals surface area contributed by atoms with E-state index in [-0.39, 0.29) is 17.9 Å². The zero-order valence-electron chi connectivity index (χ0n) is 17.4. The van der Waals surface area contributed by atoms with E-state index in [2.05, 4.69) is 17.4 Å². The van der Waals surface area contributed by atoms with Crippen molar-refractivity contribution in [2.75, 3.05) is 13.7 Å². The average molecular weight is 412 g/mol. The Kier molecular flexibility index (Phi) is 4.94. The molecule has 0 saturated heterocycles. The molecule has 5 heteroatoms. The third-order valence-electron chi connectivity index (χ3n) is 6.34. The molecule has 31 heavy (non-hydrogen) atoms. The Hall–Kier alpha value is -3.60. The number of carbonyl (C=O) groups excluding carboxylic acids is 2. The maximum atomic E-state index is 13.6. The van der Waals surface area contributed by atoms with Crippen LogP contribution in [-0.4, -0.2) is 30.4 Å². The minimum Gasteiger partial charge on any atom is -0.497 e. The topological polar surface area (TPSA) is 58.6 Å². The van der Waals surface area contributed by atoms with E-state index in [1.165, 1.54) is 5.56 Å². The predicted octanol–water partition coefficient (Wildman–Crippen LogP) is 3.85. The van der Waals surface area contributed by atoms with E-state index in [0.29, 0.717) is 18.7 Å². The van der Waals surface area contributed by atoms with Crippen molar-refractivity contribution < 1.29 is 14.3 Å². The molecule has 5 rings (SSSR count). The van der Waals surface area contributed by atoms with Gasteiger partial charge < -0.3 is 15.0 Å². The lowest BCUT2D eigenvalue weighted by Crippen LogP contribution is -2.50. The second kappa shape index (κ2) is 7.91. The monoisotopic (exact) mass is 412 g/mol. The fourth-order valence-corrected chi connectivity index (χ4v) is 4.80. The Morgan fingerprint density at radius 3 is 2.48 bits per heavy atom. The first kappa shape index (κ1) is 19.4. The number of methoxy groups -OCH3 is 1. The summed E-state index contributed by atoms with van der Waals surface area (Å²) in [5, 5.41) is 3.11. The molecule has 0 saturated carbocycles. The third kappa shape index (κ3) is 3.36. The van der Waals surface area contributed by atoms with E-state index in [9.17, 15) is 9.59 Å². The molecule has 2 aliphatic heterocycles. The van der Waals surface area contributed by atoms with Crippen molar-refractivity contribution in [3.8, 4) is 5.75 Å². The summed E-state index contributed by atoms with van der Waals surface area (Å²) in [6, 6.07) is 23.0. The van der Waals surface area contributed by atoms with Crippen LogP contribution in [0.4, 0.5) is 0 Å². The van der Waals surface area contributed by atoms with Crippen molar-refractivity contribution in [2.24, 2.45) is 0 Å². The fourth-order valence-electron chi connectivity index (χ4n) is 4.80. The van der Waals surface area contributed by atoms with Crippen LogP contribution in [0.15, 0.2) is 72.8 Å². The van der Waals surface area contributed by atoms with Crippen LogP contribution >= 0.6 is 0 Å². The Morgan fingerprint density at radius 2 is 1.71 bits per heavy atom. The third-order valence-corrected chi connectivity index (χ3v) is 6.34. The first-order valence-electron chi connectivity index (χ1n) is 10.6. The van der Waals surface area contributed by atoms with Gasteiger partial charge in [0.05, 0.1) is 19.1 Å². The number of hydrogen-bond acceptors (Lipinski definition) is 3. The molecule has 0 fully saturated rings. The van der Waals surface area contributed by atoms with Crippen molar-refractivity contribution in [3.63, 3.8) is 0 Å². The van der Waals surface area contributed by atoms with E-state index >= 15 is 0 Å². The van der Waals surface area contributed by atoms with Crippen LogP contribution < -0.4 is 10.1 Å². The highest BCUT2D eigenvalue weighted by Gasteiger charge is 2.45. The summed E-state index contributed by atoms with van der Waals surface area (Å²) in [6.45, 7) is 1.04. The number of rotatable bonds is 4. The van der Waals surface area contributed by atoms with Gasteiger partial charge in [0.1, 0.15) is 5.75 Å². The van der Waals surface area contributed by atoms with Gasteiger partial charge in [0.2, 0.25) is 5.91 Å². The Bertz CT molecular complexity index is 1140. The largest absolute Gasteiger partial charge is 0.497 e. The number of nitrogens with one attached hydrogen (secondary N) is 1. The number of nitrogens with zero attached hydrogens (tertiary/aromatic N) is 1. The molecule has 0 bridgehead atoms. The van der Waals surface area contributed by atoms with Gasteiger partial charge in [-0.2, -0.15) is 0 Å². The van der Waals surface area contributed by atoms with Crippen molar-refractivity contribution in [1.29, 1.82) is 0 Å². The molecule has 3 aromatic rings. The summed E-state index contributed by atoms with van der Waals surface area (Å²) < 4.78 is 5.21. The summed E-state index contributed by atoms with van der Waals surface area (Å²) in [7, 11) is 1.63. The van der Waals surface area contributed by atoms with Crippen molar-refractivity contribution in [1.82, 2.24) is 10.2 Å². The predicted molar refractivity (Wildman–Crippen MR) is 118 cm³/mol. The number of hydrogen-bond donors (Lipinski definition) is 1. The SMILES string of the molecule is COc1ccc(CNC(=O)[C@H]2c3ccccc3C(=O)N3CCc4ccccc4[C@H]23)cc1. The normalized spacial score (nSPS) is 19.1. The lowest BCUT2D eigenvalue weighted by atomic mass is 9.76. The smallest absolute Gasteiger partial charge is 0.254 e. The van der Waals surface area contributed by atoms with Crippen molar-refractivity contribution in [3.05, 3.63) is 101 Å². The van der Waals surface area contributed by atoms with Gasteiger partial charge in [0, 0.05) is 18.7 Å². The molecule has 2 atom stereocenters. The van der Waals surface area contributed by atoms with Crippen LogP contribution in [0.3, 0.4) is 0 Å². The van der Waals surface area contributed by atoms with Crippen molar-refractivity contribution >= 4 is 11.8 Å². The molecule has 2 aliphatic rings. The second-order valence-corrected chi connectivity index (χ2v) is 8.02. The maximum absolute atomic E-state index is 13.6. The van der Waals surface area contributed by atoms with Crippen LogP contribution in [0, 0.1) is 0 Å². The van der Waals surface area contributed by atoms with E-state index in [4.69, 9.17) is 4.74 Å². The molecule has 1 N–H and O–H groups in total. The Balaban J connectivity index is 1.50. The molecule has 2 heterocycles. The first-order valence-corrected chi connectivity index (χ1v) is 10.6. The fraction of sp³-hybridized carbons (Fsp3) is 0.231. The molecule has 5 nitrogen and oxygen atoms in total. The highest BCUT2D eigenvalue weighted by atomic mass is 16.5. The maximum Gasteiger partial charge on any atom is 0.254 e. The number of benzene rings is 3. The standard InChI is InChI=1S/C26H24N2O3/c1-31-19-12-10-17(11-13-19)16-27-25(29)23-21-8-4-5-9-22(21)26(30)28-15-14-18-6-2-3-7-20(18)24(23)28/h2-13,23-24H,14-16H2,1H3,(H,27,29)/t23-,24+/m0/s1. The van der Waals surface area contributed by atoms with Gasteiger partial charge in [-0.25, -0.2) is 0 Å². The quantitative estimate of drug-likeness (QED) is 0.708. The van der Waals surface area contributed by atoms with Crippen LogP contribution in [0.2, 0.25) is 0 Å². The van der Waals surface area contributed by atoms with E-state index < -0.39 is 5.92 Å². The number of carbonyl (C=O) groups is 2. The summed E-state index contributed by atoms with van der Waals surface area (Å²) in [5.74, 6) is 0.273. The molecular formula is C26H24N2O3. The summed E-state index contributed by atoms with van der Waals surface area (Å²) in [5.41, 5.74) is 4.71. The van der Waals surface area contributed by atoms with Crippen molar-refractivity contribution in [2.45, 2.75) is 24.9 Å². The molecule has 0 radical (unpaired) electrons. The highest BCUT2D eigenvalue weighted by Crippen LogP contribution is 2.45. The Morgan fingerprint density at radius 1 is 1.00 bits per heavy atom. The van der Waals surface area contributed by atoms with Crippen LogP contribution in [0.5, 0.6) is 5.75 Å². The van der Waals surface area contributed by atoms with Gasteiger partial charge in [0.25, 0.3) is 5.91 Å². The molecule has 3 aromatic carbocycles. The molecule has 2 amide bonds. The van der Waals surface area contributed by atoms with E-state index in [1.54, 1.807) is 7.11 Å². The summed E-state index contributed by atoms with van der Waals surface area (Å²) in [6.07, 6.45) is 0.806. The van der Waals surface area contributed by atoms with Crippen LogP contribution in [0.1, 0.15) is 44.6 Å². The van der Waals surface area contributed by atoms with Gasteiger partial charge in [-0.3, -0.25) is 9.59 Å². The molecule has 0 aliphatic carbocycles. The summed E-state index contributed by atoms with van der Waals surface area (Å²) >= 11 is 0. The van der Waals surface area contributed by atoms with E-state index in [1.807, 2.05) is 65.6 Å². The number of amides is 2. The lowest BCUT2D eigenvalue weighted by Gasteiger charge is -2.45. The van der Waals surface area contributed by atoms with Gasteiger partial charge >= 0.3 is 0 Å². The summed E-state index contributed by atoms with van der Waals surface area (Å²) in [4.78, 5) is 28.7. The van der Waals surface area contributed by atoms with Gasteiger partial charge in [-0.1, -0.05) is 54.6 Å². The average Bonchev–Trinajstić information content (AvgIpc) is 2.83. The van der Waals surface area contributed by atoms with Gasteiger partial charge in [-0.05, 0) is 46.9 Å². The Labute approximate surface area is 181 Å². The number of ether oxygens (including phenoxy) is 1. The van der Waals surface area contributed by atoms with Gasteiger partial charge in [0.15, 0.2) is 0 Å². The molecule has 0 spiro atoms. The zero-order valence-corrected chi connectivity index (χ0v) is 17.4. The molecule has 156 valence electrons. The first-order chi connectivity index (χ1) is 15.2. The lowest BCUT2D eigenvalue weighted by molar-refractivity contribution is -0.124. The van der Waals surface area contributed by atoms with E-state index in [0.717, 1.165) is 28.9 Å². The second-order valence-electron chi connectivity index (χ2n) is 8.02. The van der Waals surface area contributed by atoms with Gasteiger partial charge in [-0.15, -0.1) is 0 Å².